The molecule has 1 aromatic heterocycles. The van der Waals surface area contributed by atoms with Crippen LogP contribution in [0.15, 0.2) is 12.4 Å². The Kier molecular flexibility index (Phi) is 5.05. The lowest BCUT2D eigenvalue weighted by molar-refractivity contribution is 0.0235. The molecule has 0 spiro atoms. The van der Waals surface area contributed by atoms with E-state index >= 15 is 0 Å². The van der Waals surface area contributed by atoms with E-state index in [2.05, 4.69) is 15.3 Å². The first-order valence-corrected chi connectivity index (χ1v) is 7.48. The quantitative estimate of drug-likeness (QED) is 0.919. The van der Waals surface area contributed by atoms with Gasteiger partial charge in [0, 0.05) is 19.2 Å². The highest BCUT2D eigenvalue weighted by Crippen LogP contribution is 2.21. The number of carbonyl (C=O) groups is 1. The summed E-state index contributed by atoms with van der Waals surface area (Å²) in [6, 6.07) is 1.84. The molecular weight excluding hydrogens is 284 g/mol. The second-order valence-electron chi connectivity index (χ2n) is 6.30. The highest BCUT2D eigenvalue weighted by atomic mass is 16.6. The molecule has 1 aromatic rings. The van der Waals surface area contributed by atoms with Crippen molar-refractivity contribution in [3.8, 4) is 5.88 Å². The van der Waals surface area contributed by atoms with Crippen LogP contribution in [0.4, 0.5) is 10.6 Å². The molecule has 0 unspecified atom stereocenters. The average Bonchev–Trinajstić information content (AvgIpc) is 2.92. The van der Waals surface area contributed by atoms with Gasteiger partial charge in [-0.3, -0.25) is 0 Å². The Morgan fingerprint density at radius 2 is 2.23 bits per heavy atom. The summed E-state index contributed by atoms with van der Waals surface area (Å²) in [6.07, 6.45) is 3.13. The van der Waals surface area contributed by atoms with Gasteiger partial charge in [-0.1, -0.05) is 0 Å². The molecule has 7 nitrogen and oxygen atoms in total. The van der Waals surface area contributed by atoms with Crippen LogP contribution in [-0.4, -0.2) is 52.8 Å². The van der Waals surface area contributed by atoms with Crippen LogP contribution in [0, 0.1) is 0 Å². The zero-order valence-corrected chi connectivity index (χ0v) is 13.6. The molecule has 0 saturated carbocycles. The van der Waals surface area contributed by atoms with Crippen molar-refractivity contribution >= 4 is 11.9 Å². The lowest BCUT2D eigenvalue weighted by Crippen LogP contribution is -2.42. The number of hydrogen-bond acceptors (Lipinski definition) is 6. The Hall–Kier alpha value is -2.05. The van der Waals surface area contributed by atoms with Crippen LogP contribution in [0.3, 0.4) is 0 Å². The lowest BCUT2D eigenvalue weighted by atomic mass is 10.2. The van der Waals surface area contributed by atoms with Gasteiger partial charge in [-0.15, -0.1) is 0 Å². The smallest absolute Gasteiger partial charge is 0.410 e. The maximum absolute atomic E-state index is 12.2. The topological polar surface area (TPSA) is 76.6 Å². The molecule has 7 heteroatoms. The summed E-state index contributed by atoms with van der Waals surface area (Å²) in [6.45, 7) is 6.98. The molecule has 0 bridgehead atoms. The van der Waals surface area contributed by atoms with Crippen molar-refractivity contribution in [1.82, 2.24) is 14.9 Å². The zero-order chi connectivity index (χ0) is 16.2. The summed E-state index contributed by atoms with van der Waals surface area (Å²) in [7, 11) is 1.56. The number of nitrogens with zero attached hydrogens (tertiary/aromatic N) is 3. The third-order valence-electron chi connectivity index (χ3n) is 3.38. The van der Waals surface area contributed by atoms with Gasteiger partial charge < -0.3 is 19.7 Å². The normalized spacial score (nSPS) is 18.2. The largest absolute Gasteiger partial charge is 0.481 e. The van der Waals surface area contributed by atoms with Crippen molar-refractivity contribution in [1.29, 1.82) is 0 Å². The molecule has 1 saturated heterocycles. The number of ether oxygens (including phenoxy) is 2. The Morgan fingerprint density at radius 1 is 1.45 bits per heavy atom. The molecule has 22 heavy (non-hydrogen) atoms. The molecule has 1 atom stereocenters. The summed E-state index contributed by atoms with van der Waals surface area (Å²) < 4.78 is 10.5. The van der Waals surface area contributed by atoms with Crippen LogP contribution >= 0.6 is 0 Å². The number of aromatic nitrogens is 2. The fourth-order valence-corrected chi connectivity index (χ4v) is 2.38. The van der Waals surface area contributed by atoms with Crippen LogP contribution in [0.2, 0.25) is 0 Å². The molecule has 1 amide bonds. The van der Waals surface area contributed by atoms with Crippen molar-refractivity contribution in [2.75, 3.05) is 25.5 Å². The Morgan fingerprint density at radius 3 is 2.91 bits per heavy atom. The number of amides is 1. The van der Waals surface area contributed by atoms with E-state index in [9.17, 15) is 4.79 Å². The van der Waals surface area contributed by atoms with E-state index in [-0.39, 0.29) is 12.1 Å². The molecule has 1 aliphatic heterocycles. The minimum Gasteiger partial charge on any atom is -0.481 e. The molecule has 1 aliphatic rings. The molecule has 1 fully saturated rings. The predicted octanol–water partition coefficient (Wildman–Crippen LogP) is 2.30. The van der Waals surface area contributed by atoms with Crippen molar-refractivity contribution in [2.45, 2.75) is 45.3 Å². The van der Waals surface area contributed by atoms with Gasteiger partial charge in [-0.25, -0.2) is 14.8 Å². The summed E-state index contributed by atoms with van der Waals surface area (Å²) >= 11 is 0. The third-order valence-corrected chi connectivity index (χ3v) is 3.38. The first kappa shape index (κ1) is 16.3. The first-order valence-electron chi connectivity index (χ1n) is 7.48. The van der Waals surface area contributed by atoms with E-state index in [1.54, 1.807) is 18.1 Å². The SMILES string of the molecule is COc1cc(NC[C@H]2CCCN2C(=O)OC(C)(C)C)ncn1. The maximum Gasteiger partial charge on any atom is 0.410 e. The van der Waals surface area contributed by atoms with Gasteiger partial charge in [0.1, 0.15) is 17.7 Å². The van der Waals surface area contributed by atoms with Crippen molar-refractivity contribution in [3.63, 3.8) is 0 Å². The standard InChI is InChI=1S/C15H24N4O3/c1-15(2,3)22-14(20)19-7-5-6-11(19)9-16-12-8-13(21-4)18-10-17-12/h8,10-11H,5-7,9H2,1-4H3,(H,16,17,18)/t11-/m1/s1. The Balaban J connectivity index is 1.92. The number of methoxy groups -OCH3 is 1. The van der Waals surface area contributed by atoms with Crippen LogP contribution in [0.25, 0.3) is 0 Å². The fourth-order valence-electron chi connectivity index (χ4n) is 2.38. The molecule has 0 aliphatic carbocycles. The minimum atomic E-state index is -0.475. The number of anilines is 1. The molecule has 0 radical (unpaired) electrons. The van der Waals surface area contributed by atoms with E-state index in [4.69, 9.17) is 9.47 Å². The van der Waals surface area contributed by atoms with E-state index < -0.39 is 5.60 Å². The summed E-state index contributed by atoms with van der Waals surface area (Å²) in [5.74, 6) is 1.19. The summed E-state index contributed by atoms with van der Waals surface area (Å²) in [5, 5.41) is 3.23. The zero-order valence-electron chi connectivity index (χ0n) is 13.6. The summed E-state index contributed by atoms with van der Waals surface area (Å²) in [5.41, 5.74) is -0.475. The Labute approximate surface area is 131 Å². The summed E-state index contributed by atoms with van der Waals surface area (Å²) in [4.78, 5) is 22.1. The van der Waals surface area contributed by atoms with Crippen molar-refractivity contribution in [3.05, 3.63) is 12.4 Å². The third kappa shape index (κ3) is 4.47. The number of carbonyl (C=O) groups excluding carboxylic acids is 1. The van der Waals surface area contributed by atoms with Crippen molar-refractivity contribution < 1.29 is 14.3 Å². The van der Waals surface area contributed by atoms with Gasteiger partial charge in [0.05, 0.1) is 13.2 Å². The van der Waals surface area contributed by atoms with Crippen LogP contribution in [-0.2, 0) is 4.74 Å². The number of nitrogens with one attached hydrogen (secondary N) is 1. The molecule has 2 rings (SSSR count). The number of rotatable bonds is 4. The molecule has 2 heterocycles. The van der Waals surface area contributed by atoms with E-state index in [0.29, 0.717) is 18.2 Å². The highest BCUT2D eigenvalue weighted by Gasteiger charge is 2.31. The molecule has 1 N–H and O–H groups in total. The second kappa shape index (κ2) is 6.81. The number of hydrogen-bond donors (Lipinski definition) is 1. The maximum atomic E-state index is 12.2. The van der Waals surface area contributed by atoms with Crippen LogP contribution < -0.4 is 10.1 Å². The monoisotopic (exact) mass is 308 g/mol. The lowest BCUT2D eigenvalue weighted by Gasteiger charge is -2.28. The van der Waals surface area contributed by atoms with Gasteiger partial charge in [-0.05, 0) is 33.6 Å². The van der Waals surface area contributed by atoms with E-state index in [0.717, 1.165) is 19.4 Å². The van der Waals surface area contributed by atoms with Gasteiger partial charge in [0.2, 0.25) is 5.88 Å². The van der Waals surface area contributed by atoms with Gasteiger partial charge in [0.25, 0.3) is 0 Å². The van der Waals surface area contributed by atoms with Gasteiger partial charge in [0.15, 0.2) is 0 Å². The Bertz CT molecular complexity index is 516. The fraction of sp³-hybridized carbons (Fsp3) is 0.667. The molecule has 122 valence electrons. The van der Waals surface area contributed by atoms with Crippen LogP contribution in [0.5, 0.6) is 5.88 Å². The predicted molar refractivity (Wildman–Crippen MR) is 83.0 cm³/mol. The van der Waals surface area contributed by atoms with Gasteiger partial charge >= 0.3 is 6.09 Å². The second-order valence-corrected chi connectivity index (χ2v) is 6.30. The van der Waals surface area contributed by atoms with Gasteiger partial charge in [-0.2, -0.15) is 0 Å². The molecule has 0 aromatic carbocycles. The van der Waals surface area contributed by atoms with Crippen molar-refractivity contribution in [2.24, 2.45) is 0 Å². The molecular formula is C15H24N4O3. The van der Waals surface area contributed by atoms with E-state index in [1.807, 2.05) is 20.8 Å². The number of likely N-dealkylation sites (tertiary alicyclic amines) is 1. The highest BCUT2D eigenvalue weighted by molar-refractivity contribution is 5.69. The minimum absolute atomic E-state index is 0.107. The average molecular weight is 308 g/mol. The van der Waals surface area contributed by atoms with Crippen LogP contribution in [0.1, 0.15) is 33.6 Å². The first-order chi connectivity index (χ1) is 10.4. The van der Waals surface area contributed by atoms with E-state index in [1.165, 1.54) is 6.33 Å².